The van der Waals surface area contributed by atoms with Crippen molar-refractivity contribution < 1.29 is 9.84 Å². The Morgan fingerprint density at radius 3 is 2.68 bits per heavy atom. The lowest BCUT2D eigenvalue weighted by Gasteiger charge is -2.16. The summed E-state index contributed by atoms with van der Waals surface area (Å²) >= 11 is 0. The highest BCUT2D eigenvalue weighted by Crippen LogP contribution is 2.34. The maximum absolute atomic E-state index is 10.2. The largest absolute Gasteiger partial charge is 0.457 e. The Balaban J connectivity index is 2.02. The smallest absolute Gasteiger partial charge is 0.132 e. The minimum Gasteiger partial charge on any atom is -0.457 e. The quantitative estimate of drug-likeness (QED) is 0.698. The van der Waals surface area contributed by atoms with Gasteiger partial charge in [0.2, 0.25) is 0 Å². The third-order valence-corrected chi connectivity index (χ3v) is 4.74. The number of rotatable bonds is 6. The highest BCUT2D eigenvalue weighted by Gasteiger charge is 2.13. The van der Waals surface area contributed by atoms with Crippen LogP contribution in [0.1, 0.15) is 36.1 Å². The number of aliphatic hydroxyl groups excluding tert-OH is 1. The Bertz CT molecular complexity index is 883. The van der Waals surface area contributed by atoms with Gasteiger partial charge in [0.25, 0.3) is 0 Å². The van der Waals surface area contributed by atoms with E-state index in [1.807, 2.05) is 45.3 Å². The molecular formula is C21H26N2O2. The van der Waals surface area contributed by atoms with Crippen LogP contribution >= 0.6 is 0 Å². The zero-order valence-corrected chi connectivity index (χ0v) is 15.3. The van der Waals surface area contributed by atoms with Crippen LogP contribution in [-0.2, 0) is 13.6 Å². The molecule has 0 saturated heterocycles. The van der Waals surface area contributed by atoms with E-state index >= 15 is 0 Å². The van der Waals surface area contributed by atoms with Crippen molar-refractivity contribution in [1.82, 2.24) is 9.88 Å². The van der Waals surface area contributed by atoms with Gasteiger partial charge in [-0.3, -0.25) is 0 Å². The highest BCUT2D eigenvalue weighted by atomic mass is 16.5. The van der Waals surface area contributed by atoms with Gasteiger partial charge in [0, 0.05) is 41.8 Å². The predicted octanol–water partition coefficient (Wildman–Crippen LogP) is 4.44. The number of nitrogens with one attached hydrogen (secondary N) is 1. The van der Waals surface area contributed by atoms with Gasteiger partial charge in [0.15, 0.2) is 0 Å². The topological polar surface area (TPSA) is 46.4 Å². The molecule has 1 aromatic heterocycles. The van der Waals surface area contributed by atoms with Crippen LogP contribution in [-0.4, -0.2) is 16.7 Å². The number of benzene rings is 2. The predicted molar refractivity (Wildman–Crippen MR) is 102 cm³/mol. The molecule has 0 amide bonds. The first-order valence-corrected chi connectivity index (χ1v) is 8.73. The normalized spacial score (nSPS) is 12.5. The van der Waals surface area contributed by atoms with Crippen LogP contribution < -0.4 is 10.1 Å². The van der Waals surface area contributed by atoms with Crippen molar-refractivity contribution in [2.45, 2.75) is 32.9 Å². The first-order chi connectivity index (χ1) is 12.0. The van der Waals surface area contributed by atoms with Crippen molar-refractivity contribution in [3.8, 4) is 11.5 Å². The Kier molecular flexibility index (Phi) is 5.11. The molecule has 2 N–H and O–H groups in total. The summed E-state index contributed by atoms with van der Waals surface area (Å²) in [4.78, 5) is 0. The molecule has 0 fully saturated rings. The molecule has 132 valence electrons. The molecule has 2 aromatic carbocycles. The molecule has 0 aliphatic heterocycles. The Hall–Kier alpha value is -2.30. The minimum atomic E-state index is -0.469. The van der Waals surface area contributed by atoms with Crippen LogP contribution in [0.5, 0.6) is 11.5 Å². The van der Waals surface area contributed by atoms with Gasteiger partial charge in [-0.2, -0.15) is 0 Å². The first-order valence-electron chi connectivity index (χ1n) is 8.73. The average molecular weight is 338 g/mol. The summed E-state index contributed by atoms with van der Waals surface area (Å²) in [6.07, 6.45) is 2.27. The van der Waals surface area contributed by atoms with Crippen LogP contribution in [0.3, 0.4) is 0 Å². The number of hydrogen-bond acceptors (Lipinski definition) is 3. The van der Waals surface area contributed by atoms with Gasteiger partial charge in [-0.25, -0.2) is 0 Å². The van der Waals surface area contributed by atoms with Crippen molar-refractivity contribution in [1.29, 1.82) is 0 Å². The van der Waals surface area contributed by atoms with Gasteiger partial charge in [0.05, 0.1) is 6.10 Å². The van der Waals surface area contributed by atoms with Gasteiger partial charge < -0.3 is 19.7 Å². The second kappa shape index (κ2) is 7.30. The molecule has 0 aliphatic carbocycles. The molecule has 0 bridgehead atoms. The summed E-state index contributed by atoms with van der Waals surface area (Å²) < 4.78 is 8.39. The van der Waals surface area contributed by atoms with E-state index in [1.54, 1.807) is 0 Å². The number of aryl methyl sites for hydroxylation is 2. The maximum atomic E-state index is 10.2. The van der Waals surface area contributed by atoms with Crippen LogP contribution in [0.15, 0.2) is 42.6 Å². The van der Waals surface area contributed by atoms with Gasteiger partial charge in [0.1, 0.15) is 11.5 Å². The molecule has 3 rings (SSSR count). The summed E-state index contributed by atoms with van der Waals surface area (Å²) in [5, 5.41) is 14.5. The average Bonchev–Trinajstić information content (AvgIpc) is 3.00. The van der Waals surface area contributed by atoms with E-state index in [4.69, 9.17) is 4.74 Å². The molecule has 0 aliphatic rings. The molecule has 0 spiro atoms. The van der Waals surface area contributed by atoms with Crippen molar-refractivity contribution in [2.24, 2.45) is 7.05 Å². The first kappa shape index (κ1) is 17.5. The highest BCUT2D eigenvalue weighted by molar-refractivity contribution is 5.85. The zero-order valence-electron chi connectivity index (χ0n) is 15.3. The lowest BCUT2D eigenvalue weighted by Crippen LogP contribution is -2.07. The van der Waals surface area contributed by atoms with E-state index in [9.17, 15) is 5.11 Å². The molecule has 4 nitrogen and oxygen atoms in total. The molecular weight excluding hydrogens is 312 g/mol. The molecule has 1 atom stereocenters. The van der Waals surface area contributed by atoms with E-state index in [2.05, 4.69) is 35.1 Å². The SMILES string of the molecule is CCC(O)c1ccc(CNC)c(Oc2ccc3c(ccn3C)c2C)c1. The van der Waals surface area contributed by atoms with Crippen LogP contribution in [0, 0.1) is 6.92 Å². The molecule has 25 heavy (non-hydrogen) atoms. The van der Waals surface area contributed by atoms with E-state index in [1.165, 1.54) is 10.9 Å². The van der Waals surface area contributed by atoms with Gasteiger partial charge in [-0.05, 0) is 50.2 Å². The fourth-order valence-corrected chi connectivity index (χ4v) is 3.15. The molecule has 1 heterocycles. The van der Waals surface area contributed by atoms with Gasteiger partial charge in [-0.1, -0.05) is 19.1 Å². The lowest BCUT2D eigenvalue weighted by molar-refractivity contribution is 0.173. The van der Waals surface area contributed by atoms with Crippen molar-refractivity contribution in [3.05, 3.63) is 59.3 Å². The molecule has 4 heteroatoms. The van der Waals surface area contributed by atoms with Crippen molar-refractivity contribution >= 4 is 10.9 Å². The second-order valence-corrected chi connectivity index (χ2v) is 6.47. The Morgan fingerprint density at radius 2 is 1.96 bits per heavy atom. The number of aromatic nitrogens is 1. The standard InChI is InChI=1S/C21H26N2O2/c1-5-19(24)15-6-7-16(13-22-3)21(12-15)25-20-9-8-18-17(14(20)2)10-11-23(18)4/h6-12,19,22,24H,5,13H2,1-4H3. The molecule has 1 unspecified atom stereocenters. The minimum absolute atomic E-state index is 0.469. The fourth-order valence-electron chi connectivity index (χ4n) is 3.15. The summed E-state index contributed by atoms with van der Waals surface area (Å²) in [5.74, 6) is 1.64. The van der Waals surface area contributed by atoms with Crippen LogP contribution in [0.25, 0.3) is 10.9 Å². The van der Waals surface area contributed by atoms with E-state index in [-0.39, 0.29) is 0 Å². The third-order valence-electron chi connectivity index (χ3n) is 4.74. The molecule has 0 saturated carbocycles. The van der Waals surface area contributed by atoms with E-state index < -0.39 is 6.10 Å². The van der Waals surface area contributed by atoms with Gasteiger partial charge >= 0.3 is 0 Å². The summed E-state index contributed by atoms with van der Waals surface area (Å²) in [7, 11) is 3.96. The molecule has 0 radical (unpaired) electrons. The summed E-state index contributed by atoms with van der Waals surface area (Å²) in [5.41, 5.74) is 4.27. The third kappa shape index (κ3) is 3.41. The lowest BCUT2D eigenvalue weighted by atomic mass is 10.0. The number of aliphatic hydroxyl groups is 1. The summed E-state index contributed by atoms with van der Waals surface area (Å²) in [6, 6.07) is 12.2. The van der Waals surface area contributed by atoms with Crippen LogP contribution in [0.2, 0.25) is 0 Å². The van der Waals surface area contributed by atoms with Gasteiger partial charge in [-0.15, -0.1) is 0 Å². The zero-order chi connectivity index (χ0) is 18.0. The Labute approximate surface area is 149 Å². The van der Waals surface area contributed by atoms with Crippen molar-refractivity contribution in [2.75, 3.05) is 7.05 Å². The summed E-state index contributed by atoms with van der Waals surface area (Å²) in [6.45, 7) is 4.77. The second-order valence-electron chi connectivity index (χ2n) is 6.47. The Morgan fingerprint density at radius 1 is 1.16 bits per heavy atom. The van der Waals surface area contributed by atoms with Crippen LogP contribution in [0.4, 0.5) is 0 Å². The maximum Gasteiger partial charge on any atom is 0.132 e. The number of nitrogens with zero attached hydrogens (tertiary/aromatic N) is 1. The van der Waals surface area contributed by atoms with Crippen molar-refractivity contribution in [3.63, 3.8) is 0 Å². The number of fused-ring (bicyclic) bond motifs is 1. The number of hydrogen-bond donors (Lipinski definition) is 2. The molecule has 3 aromatic rings. The number of ether oxygens (including phenoxy) is 1. The van der Waals surface area contributed by atoms with E-state index in [0.717, 1.165) is 28.2 Å². The monoisotopic (exact) mass is 338 g/mol. The van der Waals surface area contributed by atoms with E-state index in [0.29, 0.717) is 13.0 Å². The fraction of sp³-hybridized carbons (Fsp3) is 0.333.